The van der Waals surface area contributed by atoms with E-state index in [9.17, 15) is 13.6 Å². The molecule has 1 aliphatic heterocycles. The lowest BCUT2D eigenvalue weighted by atomic mass is 10.2. The molecule has 0 bridgehead atoms. The number of hydrogen-bond acceptors (Lipinski definition) is 3. The Bertz CT molecular complexity index is 474. The van der Waals surface area contributed by atoms with Crippen LogP contribution in [0, 0.1) is 11.6 Å². The van der Waals surface area contributed by atoms with Crippen molar-refractivity contribution >= 4 is 18.3 Å². The lowest BCUT2D eigenvalue weighted by molar-refractivity contribution is -0.134. The molecular weight excluding hydrogens is 290 g/mol. The maximum Gasteiger partial charge on any atom is 0.260 e. The van der Waals surface area contributed by atoms with Gasteiger partial charge in [-0.1, -0.05) is 0 Å². The quantitative estimate of drug-likeness (QED) is 0.921. The fourth-order valence-corrected chi connectivity index (χ4v) is 2.22. The molecule has 1 unspecified atom stereocenters. The molecule has 1 aromatic carbocycles. The Labute approximate surface area is 122 Å². The molecule has 1 aromatic rings. The molecule has 1 amide bonds. The van der Waals surface area contributed by atoms with Crippen molar-refractivity contribution in [3.05, 3.63) is 29.8 Å². The molecule has 1 saturated heterocycles. The Hall–Kier alpha value is -1.40. The fourth-order valence-electron chi connectivity index (χ4n) is 2.22. The van der Waals surface area contributed by atoms with E-state index in [0.29, 0.717) is 13.1 Å². The molecule has 1 aliphatic rings. The summed E-state index contributed by atoms with van der Waals surface area (Å²) < 4.78 is 31.1. The van der Waals surface area contributed by atoms with Crippen LogP contribution in [-0.2, 0) is 4.79 Å². The Morgan fingerprint density at radius 2 is 2.20 bits per heavy atom. The van der Waals surface area contributed by atoms with Gasteiger partial charge in [-0.2, -0.15) is 0 Å². The number of hydrogen-bond donors (Lipinski definition) is 1. The number of nitrogens with zero attached hydrogens (tertiary/aromatic N) is 1. The highest BCUT2D eigenvalue weighted by Crippen LogP contribution is 2.19. The first kappa shape index (κ1) is 16.7. The highest BCUT2D eigenvalue weighted by Gasteiger charge is 2.27. The number of benzene rings is 1. The minimum Gasteiger partial charge on any atom is -0.481 e. The van der Waals surface area contributed by atoms with Crippen LogP contribution < -0.4 is 10.5 Å². The molecule has 7 heteroatoms. The molecule has 1 atom stereocenters. The normalized spacial score (nSPS) is 17.8. The number of ether oxygens (including phenoxy) is 1. The highest BCUT2D eigenvalue weighted by atomic mass is 35.5. The van der Waals surface area contributed by atoms with E-state index in [-0.39, 0.29) is 36.7 Å². The topological polar surface area (TPSA) is 55.6 Å². The van der Waals surface area contributed by atoms with Gasteiger partial charge in [0.1, 0.15) is 5.82 Å². The van der Waals surface area contributed by atoms with Crippen LogP contribution in [0.4, 0.5) is 8.78 Å². The second-order valence-corrected chi connectivity index (χ2v) is 4.48. The Balaban J connectivity index is 0.00000200. The van der Waals surface area contributed by atoms with E-state index < -0.39 is 11.6 Å². The minimum absolute atomic E-state index is 0. The number of likely N-dealkylation sites (tertiary alicyclic amines) is 1. The maximum atomic E-state index is 13.3. The second kappa shape index (κ2) is 7.40. The predicted molar refractivity (Wildman–Crippen MR) is 72.9 cm³/mol. The van der Waals surface area contributed by atoms with Crippen molar-refractivity contribution in [3.63, 3.8) is 0 Å². The zero-order valence-corrected chi connectivity index (χ0v) is 11.7. The summed E-state index contributed by atoms with van der Waals surface area (Å²) in [5.74, 6) is -1.85. The molecule has 0 aromatic heterocycles. The summed E-state index contributed by atoms with van der Waals surface area (Å²) in [7, 11) is 0. The summed E-state index contributed by atoms with van der Waals surface area (Å²) in [5, 5.41) is 0. The monoisotopic (exact) mass is 306 g/mol. The molecular formula is C13H17ClF2N2O2. The Morgan fingerprint density at radius 1 is 1.45 bits per heavy atom. The van der Waals surface area contributed by atoms with Gasteiger partial charge in [-0.25, -0.2) is 8.78 Å². The van der Waals surface area contributed by atoms with Crippen molar-refractivity contribution in [2.75, 3.05) is 19.7 Å². The van der Waals surface area contributed by atoms with Crippen LogP contribution in [0.3, 0.4) is 0 Å². The molecule has 4 nitrogen and oxygen atoms in total. The molecule has 0 spiro atoms. The van der Waals surface area contributed by atoms with Crippen molar-refractivity contribution < 1.29 is 18.3 Å². The first-order chi connectivity index (χ1) is 9.11. The van der Waals surface area contributed by atoms with E-state index in [1.807, 2.05) is 0 Å². The third-order valence-electron chi connectivity index (χ3n) is 3.21. The fraction of sp³-hybridized carbons (Fsp3) is 0.462. The minimum atomic E-state index is -0.815. The van der Waals surface area contributed by atoms with E-state index in [0.717, 1.165) is 25.0 Å². The average Bonchev–Trinajstić information content (AvgIpc) is 2.85. The maximum absolute atomic E-state index is 13.3. The van der Waals surface area contributed by atoms with Gasteiger partial charge in [0.05, 0.1) is 0 Å². The number of amides is 1. The molecule has 112 valence electrons. The zero-order chi connectivity index (χ0) is 13.8. The van der Waals surface area contributed by atoms with E-state index in [1.165, 1.54) is 6.07 Å². The van der Waals surface area contributed by atoms with Gasteiger partial charge in [-0.05, 0) is 25.0 Å². The van der Waals surface area contributed by atoms with E-state index in [4.69, 9.17) is 10.5 Å². The van der Waals surface area contributed by atoms with Gasteiger partial charge in [-0.15, -0.1) is 12.4 Å². The van der Waals surface area contributed by atoms with Crippen molar-refractivity contribution in [1.82, 2.24) is 4.90 Å². The molecule has 2 rings (SSSR count). The van der Waals surface area contributed by atoms with Crippen LogP contribution in [0.25, 0.3) is 0 Å². The van der Waals surface area contributed by atoms with Crippen molar-refractivity contribution in [3.8, 4) is 5.75 Å². The first-order valence-corrected chi connectivity index (χ1v) is 6.19. The lowest BCUT2D eigenvalue weighted by Crippen LogP contribution is -2.42. The predicted octanol–water partition coefficient (Wildman–Crippen LogP) is 1.72. The van der Waals surface area contributed by atoms with Gasteiger partial charge in [0, 0.05) is 25.2 Å². The first-order valence-electron chi connectivity index (χ1n) is 6.19. The van der Waals surface area contributed by atoms with E-state index in [1.54, 1.807) is 4.90 Å². The Morgan fingerprint density at radius 3 is 2.85 bits per heavy atom. The van der Waals surface area contributed by atoms with Crippen molar-refractivity contribution in [2.24, 2.45) is 5.73 Å². The summed E-state index contributed by atoms with van der Waals surface area (Å²) in [6, 6.07) is 3.01. The lowest BCUT2D eigenvalue weighted by Gasteiger charge is -2.23. The smallest absolute Gasteiger partial charge is 0.260 e. The summed E-state index contributed by atoms with van der Waals surface area (Å²) in [6.07, 6.45) is 1.80. The van der Waals surface area contributed by atoms with Crippen LogP contribution in [-0.4, -0.2) is 36.5 Å². The molecule has 2 N–H and O–H groups in total. The summed E-state index contributed by atoms with van der Waals surface area (Å²) in [5.41, 5.74) is 5.57. The number of halogens is 3. The SMILES string of the molecule is Cl.NCC1CCCN1C(=O)COc1ccc(F)cc1F. The van der Waals surface area contributed by atoms with Crippen LogP contribution >= 0.6 is 12.4 Å². The van der Waals surface area contributed by atoms with Crippen LogP contribution in [0.5, 0.6) is 5.75 Å². The van der Waals surface area contributed by atoms with E-state index >= 15 is 0 Å². The summed E-state index contributed by atoms with van der Waals surface area (Å²) in [4.78, 5) is 13.6. The van der Waals surface area contributed by atoms with Gasteiger partial charge in [0.15, 0.2) is 18.2 Å². The molecule has 1 heterocycles. The van der Waals surface area contributed by atoms with Gasteiger partial charge in [0.25, 0.3) is 5.91 Å². The van der Waals surface area contributed by atoms with Crippen LogP contribution in [0.1, 0.15) is 12.8 Å². The molecule has 0 saturated carbocycles. The number of carbonyl (C=O) groups excluding carboxylic acids is 1. The van der Waals surface area contributed by atoms with E-state index in [2.05, 4.69) is 0 Å². The Kier molecular flexibility index (Phi) is 6.16. The van der Waals surface area contributed by atoms with Crippen molar-refractivity contribution in [2.45, 2.75) is 18.9 Å². The standard InChI is InChI=1S/C13H16F2N2O2.ClH/c14-9-3-4-12(11(15)6-9)19-8-13(18)17-5-1-2-10(17)7-16;/h3-4,6,10H,1-2,5,7-8,16H2;1H. The van der Waals surface area contributed by atoms with Gasteiger partial charge in [0.2, 0.25) is 0 Å². The second-order valence-electron chi connectivity index (χ2n) is 4.48. The zero-order valence-electron chi connectivity index (χ0n) is 10.9. The summed E-state index contributed by atoms with van der Waals surface area (Å²) >= 11 is 0. The van der Waals surface area contributed by atoms with Gasteiger partial charge >= 0.3 is 0 Å². The molecule has 1 fully saturated rings. The van der Waals surface area contributed by atoms with Gasteiger partial charge in [-0.3, -0.25) is 4.79 Å². The van der Waals surface area contributed by atoms with Crippen molar-refractivity contribution in [1.29, 1.82) is 0 Å². The highest BCUT2D eigenvalue weighted by molar-refractivity contribution is 5.85. The number of carbonyl (C=O) groups is 1. The molecule has 0 radical (unpaired) electrons. The molecule has 20 heavy (non-hydrogen) atoms. The number of nitrogens with two attached hydrogens (primary N) is 1. The third kappa shape index (κ3) is 3.80. The van der Waals surface area contributed by atoms with Crippen LogP contribution in [0.2, 0.25) is 0 Å². The largest absolute Gasteiger partial charge is 0.481 e. The third-order valence-corrected chi connectivity index (χ3v) is 3.21. The molecule has 0 aliphatic carbocycles. The number of rotatable bonds is 4. The van der Waals surface area contributed by atoms with Gasteiger partial charge < -0.3 is 15.4 Å². The average molecular weight is 307 g/mol. The summed E-state index contributed by atoms with van der Waals surface area (Å²) in [6.45, 7) is 0.797. The van der Waals surface area contributed by atoms with Crippen LogP contribution in [0.15, 0.2) is 18.2 Å².